The molecule has 5 rings (SSSR count). The summed E-state index contributed by atoms with van der Waals surface area (Å²) >= 11 is 6.03. The second-order valence-electron chi connectivity index (χ2n) is 6.01. The van der Waals surface area contributed by atoms with Gasteiger partial charge in [0.2, 0.25) is 0 Å². The quantitative estimate of drug-likeness (QED) is 0.541. The fraction of sp³-hybridized carbons (Fsp3) is 0. The second kappa shape index (κ2) is 5.72. The van der Waals surface area contributed by atoms with Crippen molar-refractivity contribution in [2.75, 3.05) is 4.90 Å². The number of fused-ring (bicyclic) bond motifs is 3. The van der Waals surface area contributed by atoms with E-state index in [0.29, 0.717) is 27.4 Å². The largest absolute Gasteiger partial charge is 0.275 e. The lowest BCUT2D eigenvalue weighted by Crippen LogP contribution is -2.29. The van der Waals surface area contributed by atoms with Gasteiger partial charge in [-0.05, 0) is 30.3 Å². The zero-order chi connectivity index (χ0) is 18.5. The summed E-state index contributed by atoms with van der Waals surface area (Å²) in [6.07, 6.45) is 4.69. The van der Waals surface area contributed by atoms with Crippen LogP contribution in [0.4, 0.5) is 5.69 Å². The molecule has 0 atom stereocenters. The van der Waals surface area contributed by atoms with Crippen molar-refractivity contribution in [1.82, 2.24) is 20.2 Å². The summed E-state index contributed by atoms with van der Waals surface area (Å²) in [5, 5.41) is 8.02. The van der Waals surface area contributed by atoms with Crippen LogP contribution in [-0.4, -0.2) is 32.0 Å². The van der Waals surface area contributed by atoms with Crippen LogP contribution in [0.2, 0.25) is 5.02 Å². The molecule has 1 aromatic carbocycles. The number of carbonyl (C=O) groups is 2. The Morgan fingerprint density at radius 3 is 2.70 bits per heavy atom. The molecule has 4 heterocycles. The highest BCUT2D eigenvalue weighted by Crippen LogP contribution is 2.36. The summed E-state index contributed by atoms with van der Waals surface area (Å²) in [4.78, 5) is 35.6. The van der Waals surface area contributed by atoms with Crippen LogP contribution in [0.5, 0.6) is 0 Å². The van der Waals surface area contributed by atoms with Gasteiger partial charge >= 0.3 is 0 Å². The van der Waals surface area contributed by atoms with Crippen LogP contribution >= 0.6 is 11.6 Å². The molecule has 0 spiro atoms. The Bertz CT molecular complexity index is 1240. The number of halogens is 1. The van der Waals surface area contributed by atoms with E-state index in [1.807, 2.05) is 6.07 Å². The summed E-state index contributed by atoms with van der Waals surface area (Å²) in [7, 11) is 0. The van der Waals surface area contributed by atoms with Crippen molar-refractivity contribution < 1.29 is 9.59 Å². The first-order chi connectivity index (χ1) is 13.1. The minimum absolute atomic E-state index is 0.235. The molecule has 0 unspecified atom stereocenters. The maximum Gasteiger partial charge on any atom is 0.267 e. The lowest BCUT2D eigenvalue weighted by molar-refractivity contribution is 0.0926. The first-order valence-corrected chi connectivity index (χ1v) is 8.45. The van der Waals surface area contributed by atoms with Gasteiger partial charge in [-0.3, -0.25) is 19.7 Å². The molecule has 0 radical (unpaired) electrons. The third-order valence-corrected chi connectivity index (χ3v) is 4.68. The van der Waals surface area contributed by atoms with E-state index in [-0.39, 0.29) is 11.1 Å². The highest BCUT2D eigenvalue weighted by molar-refractivity contribution is 6.38. The Kier molecular flexibility index (Phi) is 3.32. The number of rotatable bonds is 2. The smallest absolute Gasteiger partial charge is 0.267 e. The number of anilines is 1. The Morgan fingerprint density at radius 1 is 1.04 bits per heavy atom. The number of hydrogen-bond donors (Lipinski definition) is 1. The highest BCUT2D eigenvalue weighted by atomic mass is 35.5. The van der Waals surface area contributed by atoms with E-state index < -0.39 is 11.8 Å². The van der Waals surface area contributed by atoms with Crippen molar-refractivity contribution in [3.05, 3.63) is 71.1 Å². The molecule has 3 aromatic heterocycles. The van der Waals surface area contributed by atoms with Gasteiger partial charge in [-0.25, -0.2) is 9.88 Å². The Balaban J connectivity index is 1.75. The maximum absolute atomic E-state index is 13.2. The average molecular weight is 376 g/mol. The number of pyridine rings is 2. The first kappa shape index (κ1) is 15.7. The number of benzene rings is 1. The lowest BCUT2D eigenvalue weighted by atomic mass is 10.0. The second-order valence-corrected chi connectivity index (χ2v) is 6.45. The number of aromatic nitrogens is 4. The topological polar surface area (TPSA) is 91.8 Å². The predicted molar refractivity (Wildman–Crippen MR) is 99.7 cm³/mol. The highest BCUT2D eigenvalue weighted by Gasteiger charge is 2.40. The predicted octanol–water partition coefficient (Wildman–Crippen LogP) is 3.47. The molecule has 27 heavy (non-hydrogen) atoms. The molecule has 0 saturated carbocycles. The molecule has 1 aliphatic heterocycles. The van der Waals surface area contributed by atoms with Crippen LogP contribution < -0.4 is 4.90 Å². The van der Waals surface area contributed by atoms with Crippen LogP contribution in [0, 0.1) is 0 Å². The van der Waals surface area contributed by atoms with Crippen molar-refractivity contribution in [3.8, 4) is 11.3 Å². The zero-order valence-corrected chi connectivity index (χ0v) is 14.4. The van der Waals surface area contributed by atoms with E-state index in [2.05, 4.69) is 20.2 Å². The number of H-pyrrole nitrogens is 1. The van der Waals surface area contributed by atoms with Gasteiger partial charge in [-0.2, -0.15) is 5.10 Å². The molecule has 0 saturated heterocycles. The third-order valence-electron chi connectivity index (χ3n) is 4.45. The number of amides is 2. The van der Waals surface area contributed by atoms with Gasteiger partial charge in [0.1, 0.15) is 0 Å². The Labute approximate surface area is 157 Å². The Morgan fingerprint density at radius 2 is 1.93 bits per heavy atom. The van der Waals surface area contributed by atoms with E-state index in [1.165, 1.54) is 6.20 Å². The molecule has 0 aliphatic carbocycles. The van der Waals surface area contributed by atoms with Crippen molar-refractivity contribution in [2.45, 2.75) is 0 Å². The van der Waals surface area contributed by atoms with Gasteiger partial charge in [-0.1, -0.05) is 17.7 Å². The van der Waals surface area contributed by atoms with Gasteiger partial charge < -0.3 is 0 Å². The fourth-order valence-electron chi connectivity index (χ4n) is 3.27. The van der Waals surface area contributed by atoms with Gasteiger partial charge in [0.05, 0.1) is 27.9 Å². The molecule has 7 nitrogen and oxygen atoms in total. The van der Waals surface area contributed by atoms with Crippen LogP contribution in [0.1, 0.15) is 20.7 Å². The third kappa shape index (κ3) is 2.25. The summed E-state index contributed by atoms with van der Waals surface area (Å²) in [6.45, 7) is 0. The maximum atomic E-state index is 13.2. The van der Waals surface area contributed by atoms with Crippen LogP contribution in [0.3, 0.4) is 0 Å². The van der Waals surface area contributed by atoms with Crippen molar-refractivity contribution in [2.24, 2.45) is 0 Å². The molecule has 8 heteroatoms. The van der Waals surface area contributed by atoms with Crippen molar-refractivity contribution in [1.29, 1.82) is 0 Å². The SMILES string of the molecule is O=C1c2cnc3n[nH]c(-c4cccnc4)c3c2C(=O)N1c1cccc(Cl)c1. The lowest BCUT2D eigenvalue weighted by Gasteiger charge is -2.13. The summed E-state index contributed by atoms with van der Waals surface area (Å²) in [6, 6.07) is 10.2. The van der Waals surface area contributed by atoms with Gasteiger partial charge in [0, 0.05) is 29.2 Å². The van der Waals surface area contributed by atoms with Crippen LogP contribution in [-0.2, 0) is 0 Å². The van der Waals surface area contributed by atoms with E-state index in [4.69, 9.17) is 11.6 Å². The van der Waals surface area contributed by atoms with Crippen LogP contribution in [0.25, 0.3) is 22.3 Å². The number of aromatic amines is 1. The van der Waals surface area contributed by atoms with E-state index >= 15 is 0 Å². The fourth-order valence-corrected chi connectivity index (χ4v) is 3.45. The van der Waals surface area contributed by atoms with E-state index in [0.717, 1.165) is 10.5 Å². The Hall–Kier alpha value is -3.58. The molecule has 130 valence electrons. The summed E-state index contributed by atoms with van der Waals surface area (Å²) in [5.41, 5.74) is 2.62. The number of nitrogens with one attached hydrogen (secondary N) is 1. The van der Waals surface area contributed by atoms with E-state index in [1.54, 1.807) is 42.7 Å². The van der Waals surface area contributed by atoms with Gasteiger partial charge in [0.15, 0.2) is 5.65 Å². The van der Waals surface area contributed by atoms with Crippen LogP contribution in [0.15, 0.2) is 55.0 Å². The molecule has 2 amide bonds. The zero-order valence-electron chi connectivity index (χ0n) is 13.7. The molecular formula is C19H10ClN5O2. The minimum atomic E-state index is -0.440. The molecule has 1 N–H and O–H groups in total. The molecule has 1 aliphatic rings. The normalized spacial score (nSPS) is 13.4. The number of imide groups is 1. The molecule has 0 bridgehead atoms. The number of hydrogen-bond acceptors (Lipinski definition) is 5. The molecular weight excluding hydrogens is 366 g/mol. The standard InChI is InChI=1S/C19H10ClN5O2/c20-11-4-1-5-12(7-11)25-18(26)13-9-22-17-15(14(13)19(25)27)16(23-24-17)10-3-2-6-21-8-10/h1-9H,(H,22,23,24). The summed E-state index contributed by atoms with van der Waals surface area (Å²) < 4.78 is 0. The molecule has 4 aromatic rings. The molecule has 0 fully saturated rings. The van der Waals surface area contributed by atoms with Gasteiger partial charge in [-0.15, -0.1) is 0 Å². The van der Waals surface area contributed by atoms with Crippen molar-refractivity contribution >= 4 is 40.1 Å². The van der Waals surface area contributed by atoms with Gasteiger partial charge in [0.25, 0.3) is 11.8 Å². The number of nitrogens with zero attached hydrogens (tertiary/aromatic N) is 4. The monoisotopic (exact) mass is 375 g/mol. The first-order valence-electron chi connectivity index (χ1n) is 8.07. The minimum Gasteiger partial charge on any atom is -0.275 e. The number of carbonyl (C=O) groups excluding carboxylic acids is 2. The summed E-state index contributed by atoms with van der Waals surface area (Å²) in [5.74, 6) is -0.874. The van der Waals surface area contributed by atoms with Crippen molar-refractivity contribution in [3.63, 3.8) is 0 Å². The average Bonchev–Trinajstić information content (AvgIpc) is 3.22. The van der Waals surface area contributed by atoms with E-state index in [9.17, 15) is 9.59 Å².